The molecule has 4 heterocycles. The Balaban J connectivity index is 2.10. The van der Waals surface area contributed by atoms with Gasteiger partial charge in [-0.1, -0.05) is 6.07 Å². The summed E-state index contributed by atoms with van der Waals surface area (Å²) >= 11 is 0. The van der Waals surface area contributed by atoms with E-state index in [2.05, 4.69) is 0 Å². The van der Waals surface area contributed by atoms with E-state index in [1.807, 2.05) is 69.6 Å². The van der Waals surface area contributed by atoms with Crippen LogP contribution in [0, 0.1) is 6.92 Å². The van der Waals surface area contributed by atoms with Crippen LogP contribution in [-0.2, 0) is 9.31 Å². The molecular formula is C17H21BN2O3. The van der Waals surface area contributed by atoms with E-state index in [0.717, 1.165) is 17.0 Å². The van der Waals surface area contributed by atoms with Crippen molar-refractivity contribution < 1.29 is 13.8 Å². The van der Waals surface area contributed by atoms with Crippen molar-refractivity contribution in [3.8, 4) is 5.82 Å². The van der Waals surface area contributed by atoms with Crippen LogP contribution in [0.2, 0.25) is 0 Å². The van der Waals surface area contributed by atoms with Gasteiger partial charge in [-0.05, 0) is 52.3 Å². The minimum Gasteiger partial charge on any atom is -0.516 e. The van der Waals surface area contributed by atoms with Crippen molar-refractivity contribution in [1.29, 1.82) is 0 Å². The second-order valence-corrected chi connectivity index (χ2v) is 7.53. The molecule has 0 bridgehead atoms. The summed E-state index contributed by atoms with van der Waals surface area (Å²) in [7, 11) is 0. The molecule has 0 radical (unpaired) electrons. The summed E-state index contributed by atoms with van der Waals surface area (Å²) in [6.07, 6.45) is 1.93. The normalized spacial score (nSPS) is 22.1. The third-order valence-corrected chi connectivity index (χ3v) is 5.40. The lowest BCUT2D eigenvalue weighted by atomic mass is 9.67. The van der Waals surface area contributed by atoms with Crippen LogP contribution < -0.4 is 15.6 Å². The fourth-order valence-electron chi connectivity index (χ4n) is 3.65. The fraction of sp³-hybridized carbons (Fsp3) is 0.412. The monoisotopic (exact) mass is 312 g/mol. The standard InChI is InChI=1S/C17H21BN2O3/c1-12-10-13-18(22-16(2,3)17(4,5)23-18)19-9-7-6-8-14(19)20(13)15(21)11-12/h6-11H,1-5H3. The number of aryl methyl sites for hydroxylation is 1. The van der Waals surface area contributed by atoms with Crippen LogP contribution in [-0.4, -0.2) is 22.5 Å². The summed E-state index contributed by atoms with van der Waals surface area (Å²) in [4.78, 5) is 12.6. The third-order valence-electron chi connectivity index (χ3n) is 5.40. The smallest absolute Gasteiger partial charge is 0.516 e. The van der Waals surface area contributed by atoms with Gasteiger partial charge in [0, 0.05) is 29.5 Å². The van der Waals surface area contributed by atoms with E-state index in [1.54, 1.807) is 10.6 Å². The number of nitrogens with zero attached hydrogens (tertiary/aromatic N) is 2. The Labute approximate surface area is 135 Å². The number of rotatable bonds is 0. The van der Waals surface area contributed by atoms with Gasteiger partial charge in [0.15, 0.2) is 0 Å². The molecule has 2 aliphatic heterocycles. The maximum absolute atomic E-state index is 12.6. The van der Waals surface area contributed by atoms with Gasteiger partial charge in [0.25, 0.3) is 0 Å². The topological polar surface area (TPSA) is 44.3 Å². The SMILES string of the molecule is Cc1cc2n(c(=O)c1)-c1cccc[n+]1[B-]21OC(C)(C)C(C)(C)O1. The highest BCUT2D eigenvalue weighted by Gasteiger charge is 2.63. The first-order chi connectivity index (χ1) is 10.7. The summed E-state index contributed by atoms with van der Waals surface area (Å²) in [5.41, 5.74) is 0.656. The Kier molecular flexibility index (Phi) is 2.63. The second-order valence-electron chi connectivity index (χ2n) is 7.53. The van der Waals surface area contributed by atoms with E-state index in [4.69, 9.17) is 9.31 Å². The molecule has 1 saturated heterocycles. The predicted molar refractivity (Wildman–Crippen MR) is 88.1 cm³/mol. The van der Waals surface area contributed by atoms with Crippen LogP contribution in [0.3, 0.4) is 0 Å². The van der Waals surface area contributed by atoms with Gasteiger partial charge < -0.3 is 13.8 Å². The molecule has 1 fully saturated rings. The molecule has 2 aromatic rings. The number of aromatic nitrogens is 2. The Morgan fingerprint density at radius 2 is 1.74 bits per heavy atom. The Hall–Kier alpha value is -1.92. The fourth-order valence-corrected chi connectivity index (χ4v) is 3.65. The van der Waals surface area contributed by atoms with Crippen LogP contribution in [0.25, 0.3) is 5.82 Å². The summed E-state index contributed by atoms with van der Waals surface area (Å²) in [5, 5.41) is 0. The van der Waals surface area contributed by atoms with Crippen molar-refractivity contribution in [1.82, 2.24) is 4.57 Å². The first-order valence-electron chi connectivity index (χ1n) is 7.98. The van der Waals surface area contributed by atoms with Crippen molar-refractivity contribution in [2.45, 2.75) is 45.8 Å². The zero-order valence-electron chi connectivity index (χ0n) is 14.2. The van der Waals surface area contributed by atoms with E-state index < -0.39 is 17.9 Å². The van der Waals surface area contributed by atoms with E-state index in [0.29, 0.717) is 0 Å². The lowest BCUT2D eigenvalue weighted by Gasteiger charge is -2.36. The molecule has 0 atom stereocenters. The Bertz CT molecular complexity index is 870. The predicted octanol–water partition coefficient (Wildman–Crippen LogP) is 1.05. The molecule has 2 aromatic heterocycles. The van der Waals surface area contributed by atoms with Gasteiger partial charge in [0.05, 0.1) is 5.59 Å². The molecule has 0 amide bonds. The lowest BCUT2D eigenvalue weighted by Crippen LogP contribution is -2.71. The molecule has 23 heavy (non-hydrogen) atoms. The van der Waals surface area contributed by atoms with Crippen LogP contribution in [0.1, 0.15) is 33.3 Å². The molecule has 4 rings (SSSR count). The molecule has 1 spiro atoms. The first-order valence-corrected chi connectivity index (χ1v) is 7.98. The van der Waals surface area contributed by atoms with Gasteiger partial charge >= 0.3 is 12.2 Å². The summed E-state index contributed by atoms with van der Waals surface area (Å²) in [5.74, 6) is 0.779. The quantitative estimate of drug-likeness (QED) is 0.683. The van der Waals surface area contributed by atoms with E-state index in [1.165, 1.54) is 0 Å². The van der Waals surface area contributed by atoms with Crippen molar-refractivity contribution in [3.05, 3.63) is 52.4 Å². The molecule has 0 N–H and O–H groups in total. The second kappa shape index (κ2) is 4.13. The number of fused-ring (bicyclic) bond motifs is 5. The van der Waals surface area contributed by atoms with E-state index in [-0.39, 0.29) is 5.56 Å². The molecule has 0 aliphatic carbocycles. The maximum Gasteiger partial charge on any atom is 0.521 e. The largest absolute Gasteiger partial charge is 0.521 e. The van der Waals surface area contributed by atoms with E-state index in [9.17, 15) is 4.79 Å². The van der Waals surface area contributed by atoms with Gasteiger partial charge in [-0.25, -0.2) is 4.79 Å². The highest BCUT2D eigenvalue weighted by Crippen LogP contribution is 2.41. The molecule has 0 aromatic carbocycles. The van der Waals surface area contributed by atoms with Crippen LogP contribution >= 0.6 is 0 Å². The zero-order valence-corrected chi connectivity index (χ0v) is 14.2. The maximum atomic E-state index is 12.6. The molecule has 120 valence electrons. The van der Waals surface area contributed by atoms with Crippen LogP contribution in [0.5, 0.6) is 0 Å². The number of hydrogen-bond donors (Lipinski definition) is 0. The summed E-state index contributed by atoms with van der Waals surface area (Å²) in [6.45, 7) is 8.10. The molecule has 2 aliphatic rings. The molecule has 0 unspecified atom stereocenters. The molecule has 5 nitrogen and oxygen atoms in total. The average Bonchev–Trinajstić information content (AvgIpc) is 2.80. The highest BCUT2D eigenvalue weighted by molar-refractivity contribution is 6.74. The third kappa shape index (κ3) is 1.70. The zero-order chi connectivity index (χ0) is 16.6. The first kappa shape index (κ1) is 14.7. The van der Waals surface area contributed by atoms with Gasteiger partial charge in [-0.15, -0.1) is 0 Å². The highest BCUT2D eigenvalue weighted by atomic mass is 16.7. The van der Waals surface area contributed by atoms with Gasteiger partial charge in [-0.2, -0.15) is 4.57 Å². The van der Waals surface area contributed by atoms with E-state index >= 15 is 0 Å². The average molecular weight is 312 g/mol. The van der Waals surface area contributed by atoms with Crippen LogP contribution in [0.15, 0.2) is 41.3 Å². The molecular weight excluding hydrogens is 291 g/mol. The van der Waals surface area contributed by atoms with Crippen molar-refractivity contribution >= 4 is 12.3 Å². The molecule has 6 heteroatoms. The van der Waals surface area contributed by atoms with Crippen molar-refractivity contribution in [2.24, 2.45) is 0 Å². The lowest BCUT2D eigenvalue weighted by molar-refractivity contribution is -0.560. The van der Waals surface area contributed by atoms with Gasteiger partial charge in [0.2, 0.25) is 5.82 Å². The Morgan fingerprint density at radius 3 is 2.39 bits per heavy atom. The summed E-state index contributed by atoms with van der Waals surface area (Å²) < 4.78 is 16.7. The molecule has 0 saturated carbocycles. The van der Waals surface area contributed by atoms with Gasteiger partial charge in [0.1, 0.15) is 0 Å². The van der Waals surface area contributed by atoms with Crippen molar-refractivity contribution in [3.63, 3.8) is 0 Å². The Morgan fingerprint density at radius 1 is 1.09 bits per heavy atom. The van der Waals surface area contributed by atoms with Gasteiger partial charge in [-0.3, -0.25) is 0 Å². The minimum absolute atomic E-state index is 0.0617. The summed E-state index contributed by atoms with van der Waals surface area (Å²) in [6, 6.07) is 9.40. The minimum atomic E-state index is -1.95. The number of pyridine rings is 2. The van der Waals surface area contributed by atoms with Crippen molar-refractivity contribution in [2.75, 3.05) is 0 Å². The van der Waals surface area contributed by atoms with Crippen LogP contribution in [0.4, 0.5) is 0 Å². The number of hydrogen-bond acceptors (Lipinski definition) is 3.